The van der Waals surface area contributed by atoms with Gasteiger partial charge in [0, 0.05) is 16.1 Å². The number of carbonyl (C=O) groups is 1. The van der Waals surface area contributed by atoms with Crippen molar-refractivity contribution in [3.05, 3.63) is 93.9 Å². The van der Waals surface area contributed by atoms with Crippen molar-refractivity contribution < 1.29 is 9.53 Å². The summed E-state index contributed by atoms with van der Waals surface area (Å²) in [6.45, 7) is 0. The normalized spacial score (nSPS) is 10.7. The molecular weight excluding hydrogens is 390 g/mol. The van der Waals surface area contributed by atoms with Gasteiger partial charge in [0.2, 0.25) is 0 Å². The quantitative estimate of drug-likeness (QED) is 0.549. The fraction of sp³-hybridized carbons (Fsp3) is 0.0455. The third-order valence-electron chi connectivity index (χ3n) is 4.42. The molecule has 3 aromatic carbocycles. The average Bonchev–Trinajstić information content (AvgIpc) is 2.74. The molecule has 0 radical (unpaired) electrons. The van der Waals surface area contributed by atoms with E-state index in [0.29, 0.717) is 32.9 Å². The highest BCUT2D eigenvalue weighted by Crippen LogP contribution is 2.23. The van der Waals surface area contributed by atoms with Crippen LogP contribution >= 0.6 is 11.6 Å². The SMILES string of the molecule is COc1ccccc1-n1nc(C(=O)Nc2cccc(Cl)c2)c2ccccc2c1=O. The molecule has 1 aromatic heterocycles. The van der Waals surface area contributed by atoms with E-state index in [9.17, 15) is 9.59 Å². The van der Waals surface area contributed by atoms with Crippen molar-refractivity contribution in [2.24, 2.45) is 0 Å². The van der Waals surface area contributed by atoms with E-state index in [1.54, 1.807) is 72.8 Å². The molecule has 29 heavy (non-hydrogen) atoms. The smallest absolute Gasteiger partial charge is 0.279 e. The van der Waals surface area contributed by atoms with E-state index in [4.69, 9.17) is 16.3 Å². The van der Waals surface area contributed by atoms with E-state index in [0.717, 1.165) is 0 Å². The van der Waals surface area contributed by atoms with E-state index < -0.39 is 5.91 Å². The van der Waals surface area contributed by atoms with Crippen LogP contribution in [0.3, 0.4) is 0 Å². The molecular formula is C22H16ClN3O3. The Labute approximate surface area is 171 Å². The Morgan fingerprint density at radius 3 is 2.48 bits per heavy atom. The van der Waals surface area contributed by atoms with Crippen LogP contribution < -0.4 is 15.6 Å². The van der Waals surface area contributed by atoms with Gasteiger partial charge in [0.15, 0.2) is 5.69 Å². The summed E-state index contributed by atoms with van der Waals surface area (Å²) in [5.41, 5.74) is 0.751. The third kappa shape index (κ3) is 3.58. The number of benzene rings is 3. The molecule has 0 aliphatic heterocycles. The van der Waals surface area contributed by atoms with Gasteiger partial charge in [0.25, 0.3) is 11.5 Å². The maximum atomic E-state index is 13.1. The summed E-state index contributed by atoms with van der Waals surface area (Å²) in [5, 5.41) is 8.50. The first-order valence-corrected chi connectivity index (χ1v) is 9.18. The molecule has 0 fully saturated rings. The molecule has 4 rings (SSSR count). The zero-order valence-corrected chi connectivity index (χ0v) is 16.2. The van der Waals surface area contributed by atoms with Crippen LogP contribution in [0.25, 0.3) is 16.5 Å². The van der Waals surface area contributed by atoms with Gasteiger partial charge in [-0.1, -0.05) is 48.0 Å². The van der Waals surface area contributed by atoms with Crippen molar-refractivity contribution in [3.63, 3.8) is 0 Å². The van der Waals surface area contributed by atoms with Crippen LogP contribution in [-0.2, 0) is 0 Å². The highest BCUT2D eigenvalue weighted by Gasteiger charge is 2.19. The summed E-state index contributed by atoms with van der Waals surface area (Å²) in [6, 6.07) is 20.7. The van der Waals surface area contributed by atoms with Crippen molar-refractivity contribution >= 4 is 34.0 Å². The number of amides is 1. The van der Waals surface area contributed by atoms with Crippen molar-refractivity contribution in [2.45, 2.75) is 0 Å². The minimum atomic E-state index is -0.452. The first-order valence-electron chi connectivity index (χ1n) is 8.81. The lowest BCUT2D eigenvalue weighted by Gasteiger charge is -2.13. The number of para-hydroxylation sites is 2. The molecule has 144 valence electrons. The van der Waals surface area contributed by atoms with Crippen LogP contribution in [0.2, 0.25) is 5.02 Å². The van der Waals surface area contributed by atoms with Crippen molar-refractivity contribution in [3.8, 4) is 11.4 Å². The molecule has 0 bridgehead atoms. The van der Waals surface area contributed by atoms with Gasteiger partial charge in [-0.25, -0.2) is 0 Å². The first kappa shape index (κ1) is 18.7. The first-order chi connectivity index (χ1) is 14.1. The number of nitrogens with one attached hydrogen (secondary N) is 1. The summed E-state index contributed by atoms with van der Waals surface area (Å²) in [5.74, 6) is 0.0192. The Morgan fingerprint density at radius 2 is 1.72 bits per heavy atom. The number of nitrogens with zero attached hydrogens (tertiary/aromatic N) is 2. The van der Waals surface area contributed by atoms with Crippen LogP contribution in [0.1, 0.15) is 10.5 Å². The highest BCUT2D eigenvalue weighted by molar-refractivity contribution is 6.31. The number of aromatic nitrogens is 2. The molecule has 1 heterocycles. The molecule has 0 saturated carbocycles. The number of hydrogen-bond donors (Lipinski definition) is 1. The Bertz CT molecular complexity index is 1280. The number of halogens is 1. The summed E-state index contributed by atoms with van der Waals surface area (Å²) >= 11 is 6.00. The van der Waals surface area contributed by atoms with Crippen LogP contribution in [0.4, 0.5) is 5.69 Å². The van der Waals surface area contributed by atoms with Crippen molar-refractivity contribution in [1.29, 1.82) is 0 Å². The number of hydrogen-bond acceptors (Lipinski definition) is 4. The highest BCUT2D eigenvalue weighted by atomic mass is 35.5. The maximum Gasteiger partial charge on any atom is 0.279 e. The number of fused-ring (bicyclic) bond motifs is 1. The Kier molecular flexibility index (Phi) is 5.01. The van der Waals surface area contributed by atoms with Gasteiger partial charge in [-0.15, -0.1) is 0 Å². The monoisotopic (exact) mass is 405 g/mol. The van der Waals surface area contributed by atoms with Crippen LogP contribution in [0, 0.1) is 0 Å². The number of carbonyl (C=O) groups excluding carboxylic acids is 1. The van der Waals surface area contributed by atoms with Crippen molar-refractivity contribution in [2.75, 3.05) is 12.4 Å². The molecule has 0 atom stereocenters. The van der Waals surface area contributed by atoms with Gasteiger partial charge in [-0.2, -0.15) is 9.78 Å². The Hall–Kier alpha value is -3.64. The van der Waals surface area contributed by atoms with Gasteiger partial charge in [0.1, 0.15) is 11.4 Å². The van der Waals surface area contributed by atoms with Crippen LogP contribution in [0.15, 0.2) is 77.6 Å². The summed E-state index contributed by atoms with van der Waals surface area (Å²) < 4.78 is 6.55. The van der Waals surface area contributed by atoms with Crippen LogP contribution in [-0.4, -0.2) is 22.8 Å². The zero-order valence-electron chi connectivity index (χ0n) is 15.4. The Morgan fingerprint density at radius 1 is 1.00 bits per heavy atom. The molecule has 0 spiro atoms. The molecule has 6 nitrogen and oxygen atoms in total. The fourth-order valence-corrected chi connectivity index (χ4v) is 3.27. The predicted molar refractivity (Wildman–Crippen MR) is 113 cm³/mol. The second-order valence-corrected chi connectivity index (χ2v) is 6.68. The molecule has 1 amide bonds. The topological polar surface area (TPSA) is 73.2 Å². The predicted octanol–water partition coefficient (Wildman–Crippen LogP) is 4.30. The van der Waals surface area contributed by atoms with Gasteiger partial charge >= 0.3 is 0 Å². The summed E-state index contributed by atoms with van der Waals surface area (Å²) in [4.78, 5) is 26.1. The molecule has 7 heteroatoms. The van der Waals surface area contributed by atoms with Gasteiger partial charge in [0.05, 0.1) is 12.5 Å². The second-order valence-electron chi connectivity index (χ2n) is 6.25. The minimum absolute atomic E-state index is 0.117. The van der Waals surface area contributed by atoms with E-state index in [-0.39, 0.29) is 11.3 Å². The lowest BCUT2D eigenvalue weighted by Crippen LogP contribution is -2.26. The summed E-state index contributed by atoms with van der Waals surface area (Å²) in [7, 11) is 1.51. The standard InChI is InChI=1S/C22H16ClN3O3/c1-29-19-12-5-4-11-18(19)26-22(28)17-10-3-2-9-16(17)20(25-26)21(27)24-15-8-6-7-14(23)13-15/h2-13H,1H3,(H,24,27). The lowest BCUT2D eigenvalue weighted by atomic mass is 10.1. The number of rotatable bonds is 4. The molecule has 0 unspecified atom stereocenters. The number of ether oxygens (including phenoxy) is 1. The number of methoxy groups -OCH3 is 1. The van der Waals surface area contributed by atoms with Gasteiger partial charge in [-0.3, -0.25) is 9.59 Å². The molecule has 1 N–H and O–H groups in total. The Balaban J connectivity index is 1.91. The zero-order chi connectivity index (χ0) is 20.4. The average molecular weight is 406 g/mol. The number of anilines is 1. The minimum Gasteiger partial charge on any atom is -0.494 e. The van der Waals surface area contributed by atoms with Gasteiger partial charge < -0.3 is 10.1 Å². The molecule has 0 saturated heterocycles. The lowest BCUT2D eigenvalue weighted by molar-refractivity contribution is 0.102. The van der Waals surface area contributed by atoms with E-state index in [1.165, 1.54) is 11.8 Å². The molecule has 0 aliphatic rings. The van der Waals surface area contributed by atoms with E-state index in [2.05, 4.69) is 10.4 Å². The van der Waals surface area contributed by atoms with Crippen LogP contribution in [0.5, 0.6) is 5.75 Å². The summed E-state index contributed by atoms with van der Waals surface area (Å²) in [6.07, 6.45) is 0. The largest absolute Gasteiger partial charge is 0.494 e. The maximum absolute atomic E-state index is 13.1. The second kappa shape index (κ2) is 7.77. The van der Waals surface area contributed by atoms with Gasteiger partial charge in [-0.05, 0) is 36.4 Å². The molecule has 0 aliphatic carbocycles. The van der Waals surface area contributed by atoms with Crippen molar-refractivity contribution in [1.82, 2.24) is 9.78 Å². The van der Waals surface area contributed by atoms with E-state index in [1.807, 2.05) is 0 Å². The molecule has 4 aromatic rings. The third-order valence-corrected chi connectivity index (χ3v) is 4.65. The van der Waals surface area contributed by atoms with E-state index >= 15 is 0 Å². The fourth-order valence-electron chi connectivity index (χ4n) is 3.08.